The molecule has 0 radical (unpaired) electrons. The van der Waals surface area contributed by atoms with Gasteiger partial charge in [-0.25, -0.2) is 0 Å². The number of carbonyl (C=O) groups is 2. The molecule has 0 fully saturated rings. The number of benzene rings is 2. The van der Waals surface area contributed by atoms with Crippen molar-refractivity contribution in [3.05, 3.63) is 54.1 Å². The predicted molar refractivity (Wildman–Crippen MR) is 89.7 cm³/mol. The van der Waals surface area contributed by atoms with Crippen LogP contribution in [-0.2, 0) is 0 Å². The van der Waals surface area contributed by atoms with E-state index >= 15 is 0 Å². The van der Waals surface area contributed by atoms with Gasteiger partial charge in [0.05, 0.1) is 0 Å². The van der Waals surface area contributed by atoms with Crippen LogP contribution in [0.4, 0.5) is 5.69 Å². The van der Waals surface area contributed by atoms with Crippen LogP contribution < -0.4 is 5.32 Å². The molecule has 0 aliphatic carbocycles. The first-order chi connectivity index (χ1) is 11.2. The number of anilines is 1. The third-order valence-electron chi connectivity index (χ3n) is 3.95. The number of nitrogens with one attached hydrogen (secondary N) is 1. The standard InChI is InChI=1S/C18H18N2O3/c1-2-10-20-17(22)13-6-3-5-12-15(19-9-4-11-21)8-7-14(16(12)13)18(20)23/h2-3,5-8,19,21H,1,4,9-11H2. The van der Waals surface area contributed by atoms with Gasteiger partial charge in [-0.05, 0) is 24.6 Å². The summed E-state index contributed by atoms with van der Waals surface area (Å²) in [5, 5.41) is 13.7. The maximum absolute atomic E-state index is 12.6. The molecule has 2 aromatic rings. The highest BCUT2D eigenvalue weighted by Gasteiger charge is 2.32. The predicted octanol–water partition coefficient (Wildman–Crippen LogP) is 2.42. The fourth-order valence-corrected chi connectivity index (χ4v) is 2.90. The van der Waals surface area contributed by atoms with Gasteiger partial charge in [0.1, 0.15) is 0 Å². The highest BCUT2D eigenvalue weighted by Crippen LogP contribution is 2.34. The Morgan fingerprint density at radius 1 is 1.13 bits per heavy atom. The van der Waals surface area contributed by atoms with E-state index < -0.39 is 0 Å². The van der Waals surface area contributed by atoms with Crippen LogP contribution in [0.1, 0.15) is 27.1 Å². The van der Waals surface area contributed by atoms with Gasteiger partial charge in [-0.15, -0.1) is 6.58 Å². The van der Waals surface area contributed by atoms with Crippen LogP contribution in [0.5, 0.6) is 0 Å². The first-order valence-electron chi connectivity index (χ1n) is 7.56. The molecule has 0 aromatic heterocycles. The molecule has 1 aliphatic rings. The van der Waals surface area contributed by atoms with E-state index in [1.807, 2.05) is 18.2 Å². The second kappa shape index (κ2) is 6.22. The maximum atomic E-state index is 12.6. The Morgan fingerprint density at radius 2 is 1.87 bits per heavy atom. The number of nitrogens with zero attached hydrogens (tertiary/aromatic N) is 1. The first kappa shape index (κ1) is 15.2. The average molecular weight is 310 g/mol. The lowest BCUT2D eigenvalue weighted by molar-refractivity contribution is 0.0629. The highest BCUT2D eigenvalue weighted by molar-refractivity contribution is 6.26. The van der Waals surface area contributed by atoms with Crippen molar-refractivity contribution in [2.45, 2.75) is 6.42 Å². The SMILES string of the molecule is C=CCN1C(=O)c2cccc3c(NCCCO)ccc(c23)C1=O. The van der Waals surface area contributed by atoms with Crippen LogP contribution in [-0.4, -0.2) is 41.5 Å². The molecule has 2 N–H and O–H groups in total. The molecule has 0 unspecified atom stereocenters. The van der Waals surface area contributed by atoms with E-state index in [1.165, 1.54) is 4.90 Å². The maximum Gasteiger partial charge on any atom is 0.261 e. The smallest absolute Gasteiger partial charge is 0.261 e. The lowest BCUT2D eigenvalue weighted by atomic mass is 9.93. The number of aliphatic hydroxyl groups is 1. The summed E-state index contributed by atoms with van der Waals surface area (Å²) in [4.78, 5) is 26.4. The largest absolute Gasteiger partial charge is 0.396 e. The topological polar surface area (TPSA) is 69.6 Å². The van der Waals surface area contributed by atoms with Gasteiger partial charge in [0.2, 0.25) is 0 Å². The lowest BCUT2D eigenvalue weighted by Crippen LogP contribution is -2.40. The van der Waals surface area contributed by atoms with E-state index in [4.69, 9.17) is 5.11 Å². The average Bonchev–Trinajstić information content (AvgIpc) is 2.57. The summed E-state index contributed by atoms with van der Waals surface area (Å²) < 4.78 is 0. The first-order valence-corrected chi connectivity index (χ1v) is 7.56. The van der Waals surface area contributed by atoms with Crippen molar-refractivity contribution in [2.24, 2.45) is 0 Å². The molecular weight excluding hydrogens is 292 g/mol. The zero-order chi connectivity index (χ0) is 16.4. The molecule has 5 heteroatoms. The molecule has 0 bridgehead atoms. The molecule has 2 amide bonds. The second-order valence-corrected chi connectivity index (χ2v) is 5.40. The summed E-state index contributed by atoms with van der Waals surface area (Å²) in [5.41, 5.74) is 1.92. The van der Waals surface area contributed by atoms with Crippen LogP contribution in [0.15, 0.2) is 43.0 Å². The van der Waals surface area contributed by atoms with Crippen LogP contribution in [0.2, 0.25) is 0 Å². The third-order valence-corrected chi connectivity index (χ3v) is 3.95. The van der Waals surface area contributed by atoms with Crippen molar-refractivity contribution in [2.75, 3.05) is 25.0 Å². The number of amides is 2. The number of hydrogen-bond acceptors (Lipinski definition) is 4. The van der Waals surface area contributed by atoms with E-state index in [0.29, 0.717) is 29.5 Å². The van der Waals surface area contributed by atoms with Crippen LogP contribution in [0, 0.1) is 0 Å². The van der Waals surface area contributed by atoms with Crippen molar-refractivity contribution in [3.8, 4) is 0 Å². The molecule has 2 aromatic carbocycles. The van der Waals surface area contributed by atoms with E-state index in [0.717, 1.165) is 11.1 Å². The number of aliphatic hydroxyl groups excluding tert-OH is 1. The Kier molecular flexibility index (Phi) is 4.12. The Balaban J connectivity index is 2.13. The molecule has 0 saturated carbocycles. The van der Waals surface area contributed by atoms with Gasteiger partial charge in [0.15, 0.2) is 0 Å². The van der Waals surface area contributed by atoms with Crippen molar-refractivity contribution in [3.63, 3.8) is 0 Å². The fraction of sp³-hybridized carbons (Fsp3) is 0.222. The third kappa shape index (κ3) is 2.49. The number of rotatable bonds is 6. The van der Waals surface area contributed by atoms with Crippen LogP contribution >= 0.6 is 0 Å². The molecule has 0 saturated heterocycles. The highest BCUT2D eigenvalue weighted by atomic mass is 16.3. The Labute approximate surface area is 134 Å². The van der Waals surface area contributed by atoms with Gasteiger partial charge in [-0.1, -0.05) is 18.2 Å². The summed E-state index contributed by atoms with van der Waals surface area (Å²) in [6.45, 7) is 4.54. The van der Waals surface area contributed by atoms with Gasteiger partial charge in [0.25, 0.3) is 11.8 Å². The molecule has 23 heavy (non-hydrogen) atoms. The summed E-state index contributed by atoms with van der Waals surface area (Å²) in [6, 6.07) is 9.05. The van der Waals surface area contributed by atoms with E-state index in [-0.39, 0.29) is 25.0 Å². The summed E-state index contributed by atoms with van der Waals surface area (Å²) >= 11 is 0. The minimum absolute atomic E-state index is 0.113. The fourth-order valence-electron chi connectivity index (χ4n) is 2.90. The quantitative estimate of drug-likeness (QED) is 0.488. The number of imide groups is 1. The van der Waals surface area contributed by atoms with Crippen LogP contribution in [0.25, 0.3) is 10.8 Å². The Bertz CT molecular complexity index is 776. The van der Waals surface area contributed by atoms with Crippen molar-refractivity contribution in [1.29, 1.82) is 0 Å². The lowest BCUT2D eigenvalue weighted by Gasteiger charge is -2.27. The molecule has 5 nitrogen and oxygen atoms in total. The summed E-state index contributed by atoms with van der Waals surface area (Å²) in [7, 11) is 0. The summed E-state index contributed by atoms with van der Waals surface area (Å²) in [5.74, 6) is -0.582. The normalized spacial score (nSPS) is 13.5. The number of hydrogen-bond donors (Lipinski definition) is 2. The molecule has 3 rings (SSSR count). The van der Waals surface area contributed by atoms with Gasteiger partial charge in [-0.3, -0.25) is 14.5 Å². The van der Waals surface area contributed by atoms with Gasteiger partial charge in [0, 0.05) is 47.3 Å². The second-order valence-electron chi connectivity index (χ2n) is 5.40. The van der Waals surface area contributed by atoms with Gasteiger partial charge >= 0.3 is 0 Å². The number of carbonyl (C=O) groups excluding carboxylic acids is 2. The Morgan fingerprint density at radius 3 is 2.57 bits per heavy atom. The molecule has 1 aliphatic heterocycles. The van der Waals surface area contributed by atoms with Gasteiger partial charge in [-0.2, -0.15) is 0 Å². The zero-order valence-corrected chi connectivity index (χ0v) is 12.7. The van der Waals surface area contributed by atoms with E-state index in [1.54, 1.807) is 18.2 Å². The monoisotopic (exact) mass is 310 g/mol. The molecule has 0 spiro atoms. The molecule has 1 heterocycles. The minimum Gasteiger partial charge on any atom is -0.396 e. The summed E-state index contributed by atoms with van der Waals surface area (Å²) in [6.07, 6.45) is 2.18. The van der Waals surface area contributed by atoms with Crippen molar-refractivity contribution in [1.82, 2.24) is 4.90 Å². The van der Waals surface area contributed by atoms with Gasteiger partial charge < -0.3 is 10.4 Å². The molecular formula is C18H18N2O3. The van der Waals surface area contributed by atoms with E-state index in [9.17, 15) is 9.59 Å². The van der Waals surface area contributed by atoms with E-state index in [2.05, 4.69) is 11.9 Å². The zero-order valence-electron chi connectivity index (χ0n) is 12.7. The molecule has 118 valence electrons. The minimum atomic E-state index is -0.291. The van der Waals surface area contributed by atoms with Crippen molar-refractivity contribution < 1.29 is 14.7 Å². The Hall–Kier alpha value is -2.66. The van der Waals surface area contributed by atoms with Crippen molar-refractivity contribution >= 4 is 28.3 Å². The molecule has 0 atom stereocenters. The van der Waals surface area contributed by atoms with Crippen LogP contribution in [0.3, 0.4) is 0 Å².